The highest BCUT2D eigenvalue weighted by Crippen LogP contribution is 2.39. The van der Waals surface area contributed by atoms with E-state index in [0.717, 1.165) is 65.1 Å². The molecule has 2 aliphatic heterocycles. The minimum Gasteiger partial charge on any atom is -0.391 e. The van der Waals surface area contributed by atoms with Crippen LogP contribution in [0.3, 0.4) is 0 Å². The number of morpholine rings is 2. The van der Waals surface area contributed by atoms with E-state index in [0.29, 0.717) is 26.3 Å². The molecule has 31 heavy (non-hydrogen) atoms. The molecule has 0 spiro atoms. The molecule has 2 saturated heterocycles. The van der Waals surface area contributed by atoms with Gasteiger partial charge in [-0.15, -0.1) is 0 Å². The maximum Gasteiger partial charge on any atom is 0.234 e. The Labute approximate surface area is 185 Å². The van der Waals surface area contributed by atoms with Gasteiger partial charge in [-0.1, -0.05) is 30.3 Å². The zero-order chi connectivity index (χ0) is 21.5. The fourth-order valence-corrected chi connectivity index (χ4v) is 5.34. The molecule has 7 heteroatoms. The number of rotatable bonds is 6. The summed E-state index contributed by atoms with van der Waals surface area (Å²) in [5.41, 5.74) is 1.11. The summed E-state index contributed by atoms with van der Waals surface area (Å²) < 4.78 is 10.9. The van der Waals surface area contributed by atoms with Crippen LogP contribution in [-0.2, 0) is 19.7 Å². The second-order valence-electron chi connectivity index (χ2n) is 9.17. The van der Waals surface area contributed by atoms with Crippen LogP contribution in [0.1, 0.15) is 31.2 Å². The van der Waals surface area contributed by atoms with Gasteiger partial charge in [-0.2, -0.15) is 0 Å². The number of carbonyl (C=O) groups is 1. The zero-order valence-corrected chi connectivity index (χ0v) is 18.5. The molecule has 0 radical (unpaired) electrons. The summed E-state index contributed by atoms with van der Waals surface area (Å²) in [4.78, 5) is 17.3. The molecule has 3 fully saturated rings. The van der Waals surface area contributed by atoms with Crippen molar-refractivity contribution in [3.63, 3.8) is 0 Å². The van der Waals surface area contributed by atoms with Crippen molar-refractivity contribution in [3.05, 3.63) is 35.9 Å². The number of hydrogen-bond donors (Lipinski definition) is 2. The average Bonchev–Trinajstić information content (AvgIpc) is 2.99. The van der Waals surface area contributed by atoms with Gasteiger partial charge in [0.15, 0.2) is 0 Å². The first-order valence-corrected chi connectivity index (χ1v) is 11.8. The molecule has 2 heterocycles. The highest BCUT2D eigenvalue weighted by atomic mass is 16.5. The minimum absolute atomic E-state index is 0.0757. The van der Waals surface area contributed by atoms with Crippen LogP contribution >= 0.6 is 0 Å². The molecule has 0 bridgehead atoms. The van der Waals surface area contributed by atoms with Crippen molar-refractivity contribution in [2.45, 2.75) is 43.2 Å². The molecule has 3 aliphatic rings. The molecule has 172 valence electrons. The Morgan fingerprint density at radius 2 is 1.65 bits per heavy atom. The summed E-state index contributed by atoms with van der Waals surface area (Å²) >= 11 is 0. The van der Waals surface area contributed by atoms with Crippen molar-refractivity contribution in [2.75, 3.05) is 65.7 Å². The Bertz CT molecular complexity index is 691. The van der Waals surface area contributed by atoms with Gasteiger partial charge in [0.25, 0.3) is 0 Å². The first kappa shape index (κ1) is 22.7. The van der Waals surface area contributed by atoms with Crippen LogP contribution in [0.2, 0.25) is 0 Å². The monoisotopic (exact) mass is 431 g/mol. The Hall–Kier alpha value is -1.51. The molecule has 1 amide bonds. The van der Waals surface area contributed by atoms with Gasteiger partial charge >= 0.3 is 0 Å². The highest BCUT2D eigenvalue weighted by molar-refractivity contribution is 5.78. The minimum atomic E-state index is -0.340. The van der Waals surface area contributed by atoms with E-state index in [9.17, 15) is 9.90 Å². The van der Waals surface area contributed by atoms with Crippen molar-refractivity contribution >= 4 is 5.91 Å². The third-order valence-corrected chi connectivity index (χ3v) is 7.28. The van der Waals surface area contributed by atoms with E-state index < -0.39 is 0 Å². The third-order valence-electron chi connectivity index (χ3n) is 7.28. The smallest absolute Gasteiger partial charge is 0.234 e. The lowest BCUT2D eigenvalue weighted by Crippen LogP contribution is -2.48. The number of ether oxygens (including phenoxy) is 2. The lowest BCUT2D eigenvalue weighted by Gasteiger charge is -2.37. The summed E-state index contributed by atoms with van der Waals surface area (Å²) in [5.74, 6) is 0.0757. The molecule has 7 nitrogen and oxygen atoms in total. The van der Waals surface area contributed by atoms with Crippen LogP contribution in [0, 0.1) is 0 Å². The van der Waals surface area contributed by atoms with Crippen molar-refractivity contribution in [1.29, 1.82) is 0 Å². The molecule has 1 saturated carbocycles. The van der Waals surface area contributed by atoms with Crippen LogP contribution in [0.25, 0.3) is 0 Å². The number of hydrogen-bond acceptors (Lipinski definition) is 6. The van der Waals surface area contributed by atoms with Gasteiger partial charge in [-0.05, 0) is 31.2 Å². The standard InChI is InChI=1S/C24H37N3O4/c28-22-7-9-24(20-4-2-1-3-5-20,8-6-21(22)27-12-16-31-17-13-27)19-25-23(29)18-26-10-14-30-15-11-26/h1-5,21-22,28H,6-19H2,(H,25,29)/t21-,22-,24-/m1/s1. The Balaban J connectivity index is 1.44. The van der Waals surface area contributed by atoms with Crippen LogP contribution in [0.4, 0.5) is 0 Å². The molecule has 0 aromatic heterocycles. The van der Waals surface area contributed by atoms with Crippen LogP contribution in [0.5, 0.6) is 0 Å². The Kier molecular flexibility index (Phi) is 7.96. The molecular weight excluding hydrogens is 394 g/mol. The number of nitrogens with one attached hydrogen (secondary N) is 1. The summed E-state index contributed by atoms with van der Waals surface area (Å²) in [6.07, 6.45) is 3.16. The van der Waals surface area contributed by atoms with E-state index in [-0.39, 0.29) is 23.5 Å². The van der Waals surface area contributed by atoms with Crippen LogP contribution < -0.4 is 5.32 Å². The lowest BCUT2D eigenvalue weighted by atomic mass is 9.74. The first-order chi connectivity index (χ1) is 15.2. The topological polar surface area (TPSA) is 74.3 Å². The van der Waals surface area contributed by atoms with Gasteiger partial charge in [-0.3, -0.25) is 14.6 Å². The molecule has 1 aliphatic carbocycles. The quantitative estimate of drug-likeness (QED) is 0.655. The average molecular weight is 432 g/mol. The number of nitrogens with zero attached hydrogens (tertiary/aromatic N) is 2. The van der Waals surface area contributed by atoms with Gasteiger partial charge in [0, 0.05) is 44.2 Å². The van der Waals surface area contributed by atoms with Crippen molar-refractivity contribution in [3.8, 4) is 0 Å². The number of aliphatic hydroxyl groups excluding tert-OH is 1. The lowest BCUT2D eigenvalue weighted by molar-refractivity contribution is -0.123. The Morgan fingerprint density at radius 3 is 2.35 bits per heavy atom. The molecule has 3 atom stereocenters. The van der Waals surface area contributed by atoms with Crippen molar-refractivity contribution in [2.24, 2.45) is 0 Å². The van der Waals surface area contributed by atoms with Gasteiger partial charge in [0.2, 0.25) is 5.91 Å². The summed E-state index contributed by atoms with van der Waals surface area (Å²) in [5, 5.41) is 14.2. The number of amides is 1. The number of carbonyl (C=O) groups excluding carboxylic acids is 1. The van der Waals surface area contributed by atoms with Crippen molar-refractivity contribution < 1.29 is 19.4 Å². The summed E-state index contributed by atoms with van der Waals surface area (Å²) in [6.45, 7) is 7.30. The number of aliphatic hydroxyl groups is 1. The normalized spacial score (nSPS) is 31.1. The van der Waals surface area contributed by atoms with Gasteiger partial charge in [-0.25, -0.2) is 0 Å². The van der Waals surface area contributed by atoms with Gasteiger partial charge in [0.05, 0.1) is 39.1 Å². The fraction of sp³-hybridized carbons (Fsp3) is 0.708. The van der Waals surface area contributed by atoms with E-state index in [1.165, 1.54) is 5.56 Å². The molecule has 1 aromatic carbocycles. The van der Waals surface area contributed by atoms with E-state index in [2.05, 4.69) is 39.4 Å². The summed E-state index contributed by atoms with van der Waals surface area (Å²) in [7, 11) is 0. The molecule has 2 N–H and O–H groups in total. The maximum atomic E-state index is 12.7. The van der Waals surface area contributed by atoms with Crippen molar-refractivity contribution in [1.82, 2.24) is 15.1 Å². The summed E-state index contributed by atoms with van der Waals surface area (Å²) in [6, 6.07) is 10.7. The first-order valence-electron chi connectivity index (χ1n) is 11.8. The zero-order valence-electron chi connectivity index (χ0n) is 18.5. The van der Waals surface area contributed by atoms with E-state index in [4.69, 9.17) is 9.47 Å². The maximum absolute atomic E-state index is 12.7. The molecule has 0 unspecified atom stereocenters. The predicted octanol–water partition coefficient (Wildman–Crippen LogP) is 1.01. The van der Waals surface area contributed by atoms with Crippen LogP contribution in [0.15, 0.2) is 30.3 Å². The Morgan fingerprint density at radius 1 is 1.00 bits per heavy atom. The van der Waals surface area contributed by atoms with E-state index >= 15 is 0 Å². The fourth-order valence-electron chi connectivity index (χ4n) is 5.34. The highest BCUT2D eigenvalue weighted by Gasteiger charge is 2.40. The van der Waals surface area contributed by atoms with Gasteiger partial charge < -0.3 is 19.9 Å². The SMILES string of the molecule is O=C(CN1CCOCC1)NC[C@]1(c2ccccc2)CC[C@@H](O)[C@H](N2CCOCC2)CC1. The van der Waals surface area contributed by atoms with E-state index in [1.54, 1.807) is 0 Å². The number of benzene rings is 1. The van der Waals surface area contributed by atoms with E-state index in [1.807, 2.05) is 6.07 Å². The molecule has 1 aromatic rings. The molecule has 4 rings (SSSR count). The second-order valence-corrected chi connectivity index (χ2v) is 9.17. The predicted molar refractivity (Wildman–Crippen MR) is 119 cm³/mol. The largest absolute Gasteiger partial charge is 0.391 e. The third kappa shape index (κ3) is 5.84. The second kappa shape index (κ2) is 10.9. The molecular formula is C24H37N3O4. The van der Waals surface area contributed by atoms with Gasteiger partial charge in [0.1, 0.15) is 0 Å². The van der Waals surface area contributed by atoms with Crippen LogP contribution in [-0.4, -0.2) is 98.7 Å².